The molecule has 0 fully saturated rings. The van der Waals surface area contributed by atoms with Crippen LogP contribution < -0.4 is 18.9 Å². The van der Waals surface area contributed by atoms with E-state index in [1.807, 2.05) is 0 Å². The Hall–Kier alpha value is -3.80. The van der Waals surface area contributed by atoms with Crippen LogP contribution in [0.4, 0.5) is 0 Å². The molecule has 6 heteroatoms. The number of rotatable bonds is 16. The van der Waals surface area contributed by atoms with E-state index in [-0.39, 0.29) is 0 Å². The lowest BCUT2D eigenvalue weighted by molar-refractivity contribution is 0.0720. The molecule has 0 bridgehead atoms. The van der Waals surface area contributed by atoms with E-state index >= 15 is 0 Å². The first-order valence-corrected chi connectivity index (χ1v) is 13.6. The minimum absolute atomic E-state index is 0.330. The SMILES string of the molecule is CCCCCCCCOc1ccc(OC(=O)c2ccc(C(=O)Oc3ccc(OCCCC)cc3)cc2)cc1. The van der Waals surface area contributed by atoms with Gasteiger partial charge in [-0.25, -0.2) is 9.59 Å². The number of benzene rings is 3. The summed E-state index contributed by atoms with van der Waals surface area (Å²) in [5.74, 6) is 1.30. The molecule has 0 aromatic heterocycles. The van der Waals surface area contributed by atoms with Gasteiger partial charge in [0.2, 0.25) is 0 Å². The van der Waals surface area contributed by atoms with Crippen LogP contribution in [-0.4, -0.2) is 25.2 Å². The highest BCUT2D eigenvalue weighted by Gasteiger charge is 2.13. The van der Waals surface area contributed by atoms with Crippen LogP contribution in [0, 0.1) is 0 Å². The standard InChI is InChI=1S/C32H38O6/c1-3-5-7-8-9-10-24-36-28-17-21-30(22-18-28)38-32(34)26-13-11-25(12-14-26)31(33)37-29-19-15-27(16-20-29)35-23-6-4-2/h11-22H,3-10,23-24H2,1-2H3. The Morgan fingerprint density at radius 2 is 0.842 bits per heavy atom. The lowest BCUT2D eigenvalue weighted by atomic mass is 10.1. The average molecular weight is 519 g/mol. The Morgan fingerprint density at radius 1 is 0.474 bits per heavy atom. The molecule has 3 rings (SSSR count). The molecule has 0 N–H and O–H groups in total. The number of unbranched alkanes of at least 4 members (excludes halogenated alkanes) is 6. The van der Waals surface area contributed by atoms with Crippen molar-refractivity contribution in [3.05, 3.63) is 83.9 Å². The van der Waals surface area contributed by atoms with Crippen LogP contribution in [0.25, 0.3) is 0 Å². The fourth-order valence-corrected chi connectivity index (χ4v) is 3.69. The Balaban J connectivity index is 1.43. The van der Waals surface area contributed by atoms with Crippen molar-refractivity contribution in [2.45, 2.75) is 65.2 Å². The van der Waals surface area contributed by atoms with Gasteiger partial charge in [-0.15, -0.1) is 0 Å². The van der Waals surface area contributed by atoms with Gasteiger partial charge in [-0.1, -0.05) is 52.4 Å². The largest absolute Gasteiger partial charge is 0.494 e. The molecule has 0 aliphatic carbocycles. The number of hydrogen-bond donors (Lipinski definition) is 0. The van der Waals surface area contributed by atoms with E-state index in [1.165, 1.54) is 32.1 Å². The maximum absolute atomic E-state index is 12.5. The third-order valence-electron chi connectivity index (χ3n) is 5.96. The summed E-state index contributed by atoms with van der Waals surface area (Å²) in [7, 11) is 0. The zero-order chi connectivity index (χ0) is 27.0. The molecule has 0 radical (unpaired) electrons. The van der Waals surface area contributed by atoms with Crippen molar-refractivity contribution in [1.82, 2.24) is 0 Å². The van der Waals surface area contributed by atoms with Gasteiger partial charge in [-0.05, 0) is 85.6 Å². The second-order valence-electron chi connectivity index (χ2n) is 9.12. The summed E-state index contributed by atoms with van der Waals surface area (Å²) < 4.78 is 22.3. The van der Waals surface area contributed by atoms with Gasteiger partial charge in [-0.2, -0.15) is 0 Å². The Labute approximate surface area is 225 Å². The van der Waals surface area contributed by atoms with E-state index < -0.39 is 11.9 Å². The molecule has 0 unspecified atom stereocenters. The quantitative estimate of drug-likeness (QED) is 0.109. The van der Waals surface area contributed by atoms with E-state index in [1.54, 1.807) is 72.8 Å². The van der Waals surface area contributed by atoms with Gasteiger partial charge in [0, 0.05) is 0 Å². The molecule has 0 aliphatic rings. The van der Waals surface area contributed by atoms with Crippen LogP contribution in [0.5, 0.6) is 23.0 Å². The first kappa shape index (κ1) is 28.8. The molecule has 0 atom stereocenters. The van der Waals surface area contributed by atoms with Gasteiger partial charge in [0.25, 0.3) is 0 Å². The summed E-state index contributed by atoms with van der Waals surface area (Å²) >= 11 is 0. The molecule has 0 saturated heterocycles. The molecule has 3 aromatic rings. The van der Waals surface area contributed by atoms with Gasteiger partial charge < -0.3 is 18.9 Å². The highest BCUT2D eigenvalue weighted by atomic mass is 16.5. The summed E-state index contributed by atoms with van der Waals surface area (Å²) in [6.07, 6.45) is 9.33. The number of carbonyl (C=O) groups excluding carboxylic acids is 2. The van der Waals surface area contributed by atoms with E-state index in [0.29, 0.717) is 35.8 Å². The average Bonchev–Trinajstić information content (AvgIpc) is 2.94. The van der Waals surface area contributed by atoms with Crippen molar-refractivity contribution in [3.8, 4) is 23.0 Å². The molecular weight excluding hydrogens is 480 g/mol. The number of hydrogen-bond acceptors (Lipinski definition) is 6. The van der Waals surface area contributed by atoms with Crippen molar-refractivity contribution in [2.24, 2.45) is 0 Å². The molecular formula is C32H38O6. The lowest BCUT2D eigenvalue weighted by Gasteiger charge is -2.09. The smallest absolute Gasteiger partial charge is 0.343 e. The Bertz CT molecular complexity index is 1100. The predicted octanol–water partition coefficient (Wildman–Crippen LogP) is 8.04. The zero-order valence-corrected chi connectivity index (χ0v) is 22.4. The van der Waals surface area contributed by atoms with E-state index in [2.05, 4.69) is 13.8 Å². The van der Waals surface area contributed by atoms with Crippen molar-refractivity contribution in [2.75, 3.05) is 13.2 Å². The number of carbonyl (C=O) groups is 2. The van der Waals surface area contributed by atoms with Crippen molar-refractivity contribution in [3.63, 3.8) is 0 Å². The first-order valence-electron chi connectivity index (χ1n) is 13.6. The van der Waals surface area contributed by atoms with Gasteiger partial charge in [0.05, 0.1) is 24.3 Å². The van der Waals surface area contributed by atoms with Gasteiger partial charge in [0.1, 0.15) is 23.0 Å². The highest BCUT2D eigenvalue weighted by Crippen LogP contribution is 2.21. The summed E-state index contributed by atoms with van der Waals surface area (Å²) in [5.41, 5.74) is 0.662. The molecule has 0 aliphatic heterocycles. The number of ether oxygens (including phenoxy) is 4. The van der Waals surface area contributed by atoms with Crippen molar-refractivity contribution >= 4 is 11.9 Å². The molecule has 0 heterocycles. The first-order chi connectivity index (χ1) is 18.6. The predicted molar refractivity (Wildman–Crippen MR) is 149 cm³/mol. The molecule has 0 amide bonds. The summed E-state index contributed by atoms with van der Waals surface area (Å²) in [6, 6.07) is 20.1. The highest BCUT2D eigenvalue weighted by molar-refractivity contribution is 5.94. The molecule has 0 saturated carbocycles. The van der Waals surface area contributed by atoms with E-state index in [4.69, 9.17) is 18.9 Å². The molecule has 38 heavy (non-hydrogen) atoms. The van der Waals surface area contributed by atoms with E-state index in [0.717, 1.165) is 30.8 Å². The Morgan fingerprint density at radius 3 is 1.29 bits per heavy atom. The summed E-state index contributed by atoms with van der Waals surface area (Å²) in [4.78, 5) is 25.0. The minimum atomic E-state index is -0.513. The van der Waals surface area contributed by atoms with Gasteiger partial charge in [-0.3, -0.25) is 0 Å². The zero-order valence-electron chi connectivity index (χ0n) is 22.4. The van der Waals surface area contributed by atoms with Crippen molar-refractivity contribution in [1.29, 1.82) is 0 Å². The molecule has 0 spiro atoms. The van der Waals surface area contributed by atoms with Crippen LogP contribution in [-0.2, 0) is 0 Å². The third kappa shape index (κ3) is 9.92. The fraction of sp³-hybridized carbons (Fsp3) is 0.375. The lowest BCUT2D eigenvalue weighted by Crippen LogP contribution is -2.11. The molecule has 3 aromatic carbocycles. The maximum atomic E-state index is 12.5. The van der Waals surface area contributed by atoms with Gasteiger partial charge >= 0.3 is 11.9 Å². The molecule has 6 nitrogen and oxygen atoms in total. The van der Waals surface area contributed by atoms with Crippen LogP contribution in [0.3, 0.4) is 0 Å². The maximum Gasteiger partial charge on any atom is 0.343 e. The summed E-state index contributed by atoms with van der Waals surface area (Å²) in [6.45, 7) is 5.65. The number of esters is 2. The van der Waals surface area contributed by atoms with Crippen LogP contribution in [0.2, 0.25) is 0 Å². The normalized spacial score (nSPS) is 10.6. The van der Waals surface area contributed by atoms with Gasteiger partial charge in [0.15, 0.2) is 0 Å². The second-order valence-corrected chi connectivity index (χ2v) is 9.12. The van der Waals surface area contributed by atoms with Crippen LogP contribution in [0.15, 0.2) is 72.8 Å². The fourth-order valence-electron chi connectivity index (χ4n) is 3.69. The Kier molecular flexibility index (Phi) is 12.2. The van der Waals surface area contributed by atoms with Crippen molar-refractivity contribution < 1.29 is 28.5 Å². The van der Waals surface area contributed by atoms with Crippen LogP contribution in [0.1, 0.15) is 85.9 Å². The second kappa shape index (κ2) is 16.1. The monoisotopic (exact) mass is 518 g/mol. The van der Waals surface area contributed by atoms with E-state index in [9.17, 15) is 9.59 Å². The third-order valence-corrected chi connectivity index (χ3v) is 5.96. The minimum Gasteiger partial charge on any atom is -0.494 e. The van der Waals surface area contributed by atoms with Crippen LogP contribution >= 0.6 is 0 Å². The topological polar surface area (TPSA) is 71.1 Å². The molecule has 202 valence electrons. The summed E-state index contributed by atoms with van der Waals surface area (Å²) in [5, 5.41) is 0.